The van der Waals surface area contributed by atoms with Crippen molar-refractivity contribution in [3.8, 4) is 0 Å². The maximum atomic E-state index is 15.2. The van der Waals surface area contributed by atoms with E-state index in [0.29, 0.717) is 18.4 Å². The molecule has 1 amide bonds. The highest BCUT2D eigenvalue weighted by Gasteiger charge is 2.57. The van der Waals surface area contributed by atoms with Crippen LogP contribution in [0.4, 0.5) is 26.4 Å². The number of aliphatic hydroxyl groups is 1. The number of aryl methyl sites for hydroxylation is 2. The van der Waals surface area contributed by atoms with E-state index in [1.165, 1.54) is 32.2 Å². The number of pyridine rings is 1. The minimum Gasteiger partial charge on any atom is -0.443 e. The minimum absolute atomic E-state index is 0.00881. The van der Waals surface area contributed by atoms with Crippen LogP contribution in [-0.2, 0) is 16.3 Å². The van der Waals surface area contributed by atoms with Crippen molar-refractivity contribution in [1.82, 2.24) is 4.57 Å². The zero-order valence-electron chi connectivity index (χ0n) is 20.9. The molecule has 2 aromatic rings. The van der Waals surface area contributed by atoms with E-state index in [1.807, 2.05) is 0 Å². The number of aromatic nitrogens is 1. The van der Waals surface area contributed by atoms with Gasteiger partial charge in [0.2, 0.25) is 0 Å². The van der Waals surface area contributed by atoms with Gasteiger partial charge in [0.05, 0.1) is 16.5 Å². The third kappa shape index (κ3) is 5.44. The molecule has 0 radical (unpaired) electrons. The number of nitrogens with one attached hydrogen (secondary N) is 1. The normalized spacial score (nSPS) is 16.4. The number of carbonyl (C=O) groups excluding carboxylic acids is 1. The second kappa shape index (κ2) is 9.41. The molecule has 0 spiro atoms. The van der Waals surface area contributed by atoms with Crippen molar-refractivity contribution in [2.45, 2.75) is 64.6 Å². The van der Waals surface area contributed by atoms with Crippen molar-refractivity contribution in [2.75, 3.05) is 16.6 Å². The quantitative estimate of drug-likeness (QED) is 0.462. The number of amides is 1. The maximum absolute atomic E-state index is 15.2. The Labute approximate surface area is 204 Å². The van der Waals surface area contributed by atoms with Crippen LogP contribution in [0.3, 0.4) is 0 Å². The molecule has 0 aliphatic heterocycles. The van der Waals surface area contributed by atoms with Crippen LogP contribution in [0.2, 0.25) is 0 Å². The fourth-order valence-corrected chi connectivity index (χ4v) is 5.82. The molecule has 1 unspecified atom stereocenters. The summed E-state index contributed by atoms with van der Waals surface area (Å²) in [7, 11) is -2.73. The molecule has 1 aliphatic carbocycles. The largest absolute Gasteiger partial charge is 0.443 e. The zero-order valence-corrected chi connectivity index (χ0v) is 21.8. The summed E-state index contributed by atoms with van der Waals surface area (Å²) in [5.74, 6) is -0.882. The van der Waals surface area contributed by atoms with Gasteiger partial charge in [0, 0.05) is 19.2 Å². The molecule has 1 aliphatic rings. The van der Waals surface area contributed by atoms with Gasteiger partial charge in [-0.2, -0.15) is 0 Å². The summed E-state index contributed by atoms with van der Waals surface area (Å²) in [6.07, 6.45) is 0.0375. The first kappa shape index (κ1) is 26.9. The van der Waals surface area contributed by atoms with Gasteiger partial charge in [0.1, 0.15) is 17.2 Å². The van der Waals surface area contributed by atoms with Gasteiger partial charge in [-0.3, -0.25) is 13.9 Å². The SMILES string of the molecule is Cc1ccc(N(C(=O)OC(C)(C)C)c2c(NP(=O)(O)C3(CCO)CC3)cc(C)c(=O)n2C)c(F)c1. The summed E-state index contributed by atoms with van der Waals surface area (Å²) < 4.78 is 35.2. The number of rotatable bonds is 7. The Hall–Kier alpha value is -2.68. The van der Waals surface area contributed by atoms with E-state index in [1.54, 1.807) is 33.8 Å². The van der Waals surface area contributed by atoms with Crippen molar-refractivity contribution in [1.29, 1.82) is 0 Å². The Morgan fingerprint density at radius 1 is 1.29 bits per heavy atom. The van der Waals surface area contributed by atoms with Gasteiger partial charge in [-0.25, -0.2) is 14.1 Å². The lowest BCUT2D eigenvalue weighted by atomic mass is 10.2. The number of hydrogen-bond donors (Lipinski definition) is 3. The summed E-state index contributed by atoms with van der Waals surface area (Å²) in [6.45, 7) is 7.91. The van der Waals surface area contributed by atoms with Gasteiger partial charge in [-0.1, -0.05) is 6.07 Å². The number of nitrogens with zero attached hydrogens (tertiary/aromatic N) is 2. The zero-order chi connectivity index (χ0) is 26.3. The van der Waals surface area contributed by atoms with E-state index in [-0.39, 0.29) is 35.8 Å². The van der Waals surface area contributed by atoms with E-state index in [9.17, 15) is 24.2 Å². The third-order valence-electron chi connectivity index (χ3n) is 6.01. The first-order valence-corrected chi connectivity index (χ1v) is 13.0. The molecule has 1 saturated carbocycles. The Kier molecular flexibility index (Phi) is 7.24. The number of aliphatic hydroxyl groups excluding tert-OH is 1. The monoisotopic (exact) mass is 509 g/mol. The predicted molar refractivity (Wildman–Crippen MR) is 133 cm³/mol. The molecule has 1 aromatic heterocycles. The fraction of sp³-hybridized carbons (Fsp3) is 0.500. The van der Waals surface area contributed by atoms with Gasteiger partial charge >= 0.3 is 6.09 Å². The van der Waals surface area contributed by atoms with E-state index in [2.05, 4.69) is 5.09 Å². The average molecular weight is 510 g/mol. The van der Waals surface area contributed by atoms with Gasteiger partial charge in [-0.05, 0) is 77.6 Å². The van der Waals surface area contributed by atoms with Crippen molar-refractivity contribution >= 4 is 30.8 Å². The Bertz CT molecular complexity index is 1250. The highest BCUT2D eigenvalue weighted by molar-refractivity contribution is 7.61. The average Bonchev–Trinajstić information content (AvgIpc) is 3.50. The summed E-state index contributed by atoms with van der Waals surface area (Å²) >= 11 is 0. The molecule has 3 rings (SSSR count). The summed E-state index contributed by atoms with van der Waals surface area (Å²) in [4.78, 5) is 38.2. The summed E-state index contributed by atoms with van der Waals surface area (Å²) in [5.41, 5.74) is -0.748. The van der Waals surface area contributed by atoms with Crippen molar-refractivity contribution < 1.29 is 28.5 Å². The molecular weight excluding hydrogens is 476 g/mol. The summed E-state index contributed by atoms with van der Waals surface area (Å²) in [6, 6.07) is 5.59. The second-order valence-electron chi connectivity index (χ2n) is 10.1. The summed E-state index contributed by atoms with van der Waals surface area (Å²) in [5, 5.41) is 11.0. The first-order valence-electron chi connectivity index (χ1n) is 11.3. The molecule has 11 heteroatoms. The van der Waals surface area contributed by atoms with Gasteiger partial charge in [0.15, 0.2) is 0 Å². The number of hydrogen-bond acceptors (Lipinski definition) is 5. The third-order valence-corrected chi connectivity index (χ3v) is 8.51. The lowest BCUT2D eigenvalue weighted by molar-refractivity contribution is 0.0596. The molecule has 0 bridgehead atoms. The molecule has 1 atom stereocenters. The van der Waals surface area contributed by atoms with E-state index >= 15 is 4.39 Å². The van der Waals surface area contributed by atoms with Crippen LogP contribution in [0.25, 0.3) is 0 Å². The number of halogens is 1. The van der Waals surface area contributed by atoms with Crippen LogP contribution in [0, 0.1) is 19.7 Å². The Morgan fingerprint density at radius 3 is 2.43 bits per heavy atom. The fourth-order valence-electron chi connectivity index (χ4n) is 3.98. The Balaban J connectivity index is 2.26. The second-order valence-corrected chi connectivity index (χ2v) is 12.4. The molecule has 35 heavy (non-hydrogen) atoms. The van der Waals surface area contributed by atoms with E-state index < -0.39 is 35.7 Å². The molecular formula is C24H33FN3O6P. The van der Waals surface area contributed by atoms with Gasteiger partial charge in [-0.15, -0.1) is 0 Å². The lowest BCUT2D eigenvalue weighted by Gasteiger charge is -2.32. The molecule has 9 nitrogen and oxygen atoms in total. The topological polar surface area (TPSA) is 121 Å². The van der Waals surface area contributed by atoms with Gasteiger partial charge in [0.25, 0.3) is 13.1 Å². The highest BCUT2D eigenvalue weighted by atomic mass is 31.2. The van der Waals surface area contributed by atoms with Crippen molar-refractivity contribution in [2.24, 2.45) is 7.05 Å². The van der Waals surface area contributed by atoms with Crippen LogP contribution in [0.1, 0.15) is 51.2 Å². The maximum Gasteiger partial charge on any atom is 0.420 e. The Morgan fingerprint density at radius 2 is 1.91 bits per heavy atom. The molecule has 0 saturated heterocycles. The molecule has 192 valence electrons. The van der Waals surface area contributed by atoms with Crippen LogP contribution in [-0.4, -0.2) is 38.0 Å². The molecule has 1 heterocycles. The predicted octanol–water partition coefficient (Wildman–Crippen LogP) is 4.73. The van der Waals surface area contributed by atoms with Crippen LogP contribution in [0.15, 0.2) is 29.1 Å². The van der Waals surface area contributed by atoms with Crippen molar-refractivity contribution in [3.05, 3.63) is 51.6 Å². The molecule has 3 N–H and O–H groups in total. The van der Waals surface area contributed by atoms with E-state index in [0.717, 1.165) is 9.47 Å². The first-order chi connectivity index (χ1) is 16.1. The smallest absolute Gasteiger partial charge is 0.420 e. The number of ether oxygens (including phenoxy) is 1. The van der Waals surface area contributed by atoms with Gasteiger partial charge < -0.3 is 19.8 Å². The minimum atomic E-state index is -4.12. The van der Waals surface area contributed by atoms with Crippen LogP contribution in [0.5, 0.6) is 0 Å². The number of benzene rings is 1. The number of anilines is 3. The highest BCUT2D eigenvalue weighted by Crippen LogP contribution is 2.68. The van der Waals surface area contributed by atoms with Crippen LogP contribution >= 0.6 is 7.52 Å². The van der Waals surface area contributed by atoms with E-state index in [4.69, 9.17) is 4.74 Å². The van der Waals surface area contributed by atoms with Crippen molar-refractivity contribution in [3.63, 3.8) is 0 Å². The number of carbonyl (C=O) groups is 1. The van der Waals surface area contributed by atoms with Crippen LogP contribution < -0.4 is 15.5 Å². The standard InChI is InChI=1S/C24H33FN3O6P/c1-15-7-8-19(17(25)13-15)28(22(31)34-23(3,4)5)20-18(14-16(2)21(30)27(20)6)26-35(32,33)24(9-10-24)11-12-29/h7-8,13-14,29H,9-12H2,1-6H3,(H2,26,32,33). The lowest BCUT2D eigenvalue weighted by Crippen LogP contribution is -2.38. The molecule has 1 aromatic carbocycles. The molecule has 1 fully saturated rings.